The maximum Gasteiger partial charge on any atom is 0.0546 e. The number of benzene rings is 7. The molecule has 0 fully saturated rings. The second-order valence-electron chi connectivity index (χ2n) is 11.8. The lowest BCUT2D eigenvalue weighted by Crippen LogP contribution is -2.24. The van der Waals surface area contributed by atoms with Crippen molar-refractivity contribution < 1.29 is 0 Å². The highest BCUT2D eigenvalue weighted by Gasteiger charge is 2.35. The van der Waals surface area contributed by atoms with Crippen LogP contribution in [0.25, 0.3) is 43.8 Å². The molecule has 1 heteroatoms. The van der Waals surface area contributed by atoms with Gasteiger partial charge in [0.25, 0.3) is 0 Å². The number of hydrogen-bond donors (Lipinski definition) is 0. The van der Waals surface area contributed by atoms with E-state index in [1.807, 2.05) is 0 Å². The molecule has 0 bridgehead atoms. The summed E-state index contributed by atoms with van der Waals surface area (Å²) in [5, 5.41) is 5.17. The fourth-order valence-corrected chi connectivity index (χ4v) is 6.90. The number of fused-ring (bicyclic) bond motifs is 3. The highest BCUT2D eigenvalue weighted by Crippen LogP contribution is 2.54. The lowest BCUT2D eigenvalue weighted by molar-refractivity contribution is 0.645. The van der Waals surface area contributed by atoms with Gasteiger partial charge in [0.05, 0.1) is 5.69 Å². The molecule has 0 aromatic heterocycles. The van der Waals surface area contributed by atoms with Crippen LogP contribution in [0.3, 0.4) is 0 Å². The molecule has 7 aromatic carbocycles. The monoisotopic (exact) mass is 537 g/mol. The second-order valence-corrected chi connectivity index (χ2v) is 11.8. The fraction of sp³-hybridized carbons (Fsp3) is 0.0732. The predicted molar refractivity (Wildman–Crippen MR) is 179 cm³/mol. The SMILES string of the molecule is CC1(C)c2cc(-c3ccc4ccccc4c3)ccc2-c2c(N(c3ccccc3)c3ccccc3)ccc3cccc1c23. The number of para-hydroxylation sites is 2. The Morgan fingerprint density at radius 2 is 1.05 bits per heavy atom. The third-order valence-electron chi connectivity index (χ3n) is 9.01. The largest absolute Gasteiger partial charge is 0.310 e. The van der Waals surface area contributed by atoms with Crippen LogP contribution in [0.1, 0.15) is 25.0 Å². The third kappa shape index (κ3) is 3.78. The van der Waals surface area contributed by atoms with Crippen molar-refractivity contribution in [1.29, 1.82) is 0 Å². The summed E-state index contributed by atoms with van der Waals surface area (Å²) in [5.41, 5.74) is 11.2. The van der Waals surface area contributed by atoms with Gasteiger partial charge >= 0.3 is 0 Å². The van der Waals surface area contributed by atoms with Gasteiger partial charge in [-0.1, -0.05) is 123 Å². The zero-order valence-electron chi connectivity index (χ0n) is 23.9. The van der Waals surface area contributed by atoms with Gasteiger partial charge in [0, 0.05) is 22.4 Å². The molecule has 0 saturated heterocycles. The highest BCUT2D eigenvalue weighted by molar-refractivity contribution is 6.10. The molecule has 0 heterocycles. The van der Waals surface area contributed by atoms with Crippen LogP contribution in [0.5, 0.6) is 0 Å². The van der Waals surface area contributed by atoms with Crippen molar-refractivity contribution in [3.63, 3.8) is 0 Å². The van der Waals surface area contributed by atoms with Gasteiger partial charge in [0.15, 0.2) is 0 Å². The first-order valence-electron chi connectivity index (χ1n) is 14.7. The summed E-state index contributed by atoms with van der Waals surface area (Å²) in [6.45, 7) is 4.76. The molecular formula is C41H31N. The first kappa shape index (κ1) is 24.6. The van der Waals surface area contributed by atoms with E-state index in [9.17, 15) is 0 Å². The average molecular weight is 538 g/mol. The number of anilines is 3. The zero-order valence-corrected chi connectivity index (χ0v) is 23.9. The normalized spacial score (nSPS) is 13.2. The second kappa shape index (κ2) is 9.46. The van der Waals surface area contributed by atoms with Crippen molar-refractivity contribution in [2.24, 2.45) is 0 Å². The molecule has 7 aromatic rings. The van der Waals surface area contributed by atoms with Gasteiger partial charge in [-0.2, -0.15) is 0 Å². The van der Waals surface area contributed by atoms with Crippen LogP contribution in [0.15, 0.2) is 152 Å². The molecule has 42 heavy (non-hydrogen) atoms. The Morgan fingerprint density at radius 3 is 1.79 bits per heavy atom. The van der Waals surface area contributed by atoms with Crippen molar-refractivity contribution in [2.45, 2.75) is 19.3 Å². The molecule has 0 spiro atoms. The minimum absolute atomic E-state index is 0.155. The van der Waals surface area contributed by atoms with Crippen LogP contribution in [0.4, 0.5) is 17.1 Å². The minimum atomic E-state index is -0.155. The van der Waals surface area contributed by atoms with Crippen molar-refractivity contribution >= 4 is 38.6 Å². The fourth-order valence-electron chi connectivity index (χ4n) is 6.90. The summed E-state index contributed by atoms with van der Waals surface area (Å²) in [4.78, 5) is 2.41. The molecule has 0 amide bonds. The van der Waals surface area contributed by atoms with E-state index in [1.54, 1.807) is 0 Å². The van der Waals surface area contributed by atoms with Gasteiger partial charge in [-0.15, -0.1) is 0 Å². The first-order chi connectivity index (χ1) is 20.6. The molecule has 1 aliphatic carbocycles. The molecule has 1 nitrogen and oxygen atoms in total. The quantitative estimate of drug-likeness (QED) is 0.216. The van der Waals surface area contributed by atoms with Gasteiger partial charge < -0.3 is 4.90 Å². The number of hydrogen-bond acceptors (Lipinski definition) is 1. The van der Waals surface area contributed by atoms with Crippen LogP contribution in [-0.4, -0.2) is 0 Å². The van der Waals surface area contributed by atoms with Crippen molar-refractivity contribution in [3.8, 4) is 22.3 Å². The van der Waals surface area contributed by atoms with Crippen molar-refractivity contribution in [2.75, 3.05) is 4.90 Å². The van der Waals surface area contributed by atoms with E-state index in [1.165, 1.54) is 60.6 Å². The van der Waals surface area contributed by atoms with E-state index >= 15 is 0 Å². The Kier molecular flexibility index (Phi) is 5.55. The highest BCUT2D eigenvalue weighted by atomic mass is 15.1. The smallest absolute Gasteiger partial charge is 0.0546 e. The lowest BCUT2D eigenvalue weighted by atomic mass is 9.67. The van der Waals surface area contributed by atoms with Gasteiger partial charge in [-0.3, -0.25) is 0 Å². The summed E-state index contributed by atoms with van der Waals surface area (Å²) in [6, 6.07) is 55.4. The van der Waals surface area contributed by atoms with E-state index in [-0.39, 0.29) is 5.41 Å². The molecule has 0 saturated carbocycles. The Balaban J connectivity index is 1.41. The Morgan fingerprint density at radius 1 is 0.452 bits per heavy atom. The minimum Gasteiger partial charge on any atom is -0.310 e. The predicted octanol–water partition coefficient (Wildman–Crippen LogP) is 11.4. The first-order valence-corrected chi connectivity index (χ1v) is 14.7. The average Bonchev–Trinajstić information content (AvgIpc) is 3.04. The Bertz CT molecular complexity index is 2070. The standard InChI is InChI=1S/C41H31N/c1-41(2)36-19-11-14-29-23-25-38(42(33-15-5-3-6-16-33)34-17-7-4-8-18-34)40(39(29)36)35-24-22-32(27-37(35)41)31-21-20-28-12-9-10-13-30(28)26-31/h3-27H,1-2H3. The third-order valence-corrected chi connectivity index (χ3v) is 9.01. The summed E-state index contributed by atoms with van der Waals surface area (Å²) in [5.74, 6) is 0. The zero-order chi connectivity index (χ0) is 28.3. The molecule has 0 N–H and O–H groups in total. The maximum absolute atomic E-state index is 2.44. The van der Waals surface area contributed by atoms with Gasteiger partial charge in [-0.05, 0) is 91.8 Å². The van der Waals surface area contributed by atoms with Crippen LogP contribution in [0.2, 0.25) is 0 Å². The summed E-state index contributed by atoms with van der Waals surface area (Å²) in [6.07, 6.45) is 0. The van der Waals surface area contributed by atoms with Gasteiger partial charge in [0.1, 0.15) is 0 Å². The lowest BCUT2D eigenvalue weighted by Gasteiger charge is -2.38. The van der Waals surface area contributed by atoms with E-state index in [0.717, 1.165) is 11.4 Å². The molecule has 0 aliphatic heterocycles. The van der Waals surface area contributed by atoms with Gasteiger partial charge in [-0.25, -0.2) is 0 Å². The summed E-state index contributed by atoms with van der Waals surface area (Å²) < 4.78 is 0. The van der Waals surface area contributed by atoms with Crippen molar-refractivity contribution in [1.82, 2.24) is 0 Å². The molecule has 8 rings (SSSR count). The van der Waals surface area contributed by atoms with E-state index < -0.39 is 0 Å². The number of nitrogens with zero attached hydrogens (tertiary/aromatic N) is 1. The molecule has 1 aliphatic rings. The molecule has 0 unspecified atom stereocenters. The summed E-state index contributed by atoms with van der Waals surface area (Å²) in [7, 11) is 0. The summed E-state index contributed by atoms with van der Waals surface area (Å²) >= 11 is 0. The Hall–Kier alpha value is -5.14. The van der Waals surface area contributed by atoms with Gasteiger partial charge in [0.2, 0.25) is 0 Å². The topological polar surface area (TPSA) is 3.24 Å². The van der Waals surface area contributed by atoms with Crippen LogP contribution < -0.4 is 4.90 Å². The van der Waals surface area contributed by atoms with Crippen molar-refractivity contribution in [3.05, 3.63) is 163 Å². The van der Waals surface area contributed by atoms with E-state index in [2.05, 4.69) is 170 Å². The van der Waals surface area contributed by atoms with Crippen LogP contribution in [-0.2, 0) is 5.41 Å². The van der Waals surface area contributed by atoms with E-state index in [4.69, 9.17) is 0 Å². The maximum atomic E-state index is 2.44. The molecule has 0 radical (unpaired) electrons. The Labute approximate surface area is 247 Å². The molecule has 0 atom stereocenters. The number of rotatable bonds is 4. The van der Waals surface area contributed by atoms with Crippen LogP contribution in [0, 0.1) is 0 Å². The van der Waals surface area contributed by atoms with E-state index in [0.29, 0.717) is 0 Å². The molecular weight excluding hydrogens is 506 g/mol. The molecule has 200 valence electrons. The van der Waals surface area contributed by atoms with Crippen LogP contribution >= 0.6 is 0 Å².